The molecule has 12 N–H and O–H groups in total. The smallest absolute Gasteiger partial charge is 0.219 e. The number of rotatable bonds is 6. The van der Waals surface area contributed by atoms with Crippen LogP contribution in [0.5, 0.6) is 5.75 Å². The van der Waals surface area contributed by atoms with Gasteiger partial charge in [0.1, 0.15) is 65.6 Å². The molecule has 43 heavy (non-hydrogen) atoms. The molecule has 16 heteroatoms. The van der Waals surface area contributed by atoms with Gasteiger partial charge in [0, 0.05) is 5.92 Å². The number of allylic oxidation sites excluding steroid dienone is 2. The quantitative estimate of drug-likeness (QED) is 0.0823. The minimum atomic E-state index is -3.63. The summed E-state index contributed by atoms with van der Waals surface area (Å²) in [6, 6.07) is 5.38. The molecule has 16 nitrogen and oxygen atoms in total. The molecule has 11 atom stereocenters. The predicted octanol–water partition coefficient (Wildman–Crippen LogP) is -4.20. The van der Waals surface area contributed by atoms with Gasteiger partial charge >= 0.3 is 0 Å². The van der Waals surface area contributed by atoms with Crippen molar-refractivity contribution >= 4 is 17.6 Å². The minimum Gasteiger partial charge on any atom is -0.508 e. The Morgan fingerprint density at radius 2 is 1.44 bits per heavy atom. The van der Waals surface area contributed by atoms with Crippen LogP contribution in [0.3, 0.4) is 0 Å². The number of aromatic hydroxyl groups is 1. The Kier molecular flexibility index (Phi) is 9.41. The summed E-state index contributed by atoms with van der Waals surface area (Å²) in [4.78, 5) is 27.6. The summed E-state index contributed by atoms with van der Waals surface area (Å²) in [5, 5.41) is 125. The maximum atomic E-state index is 13.9. The van der Waals surface area contributed by atoms with Crippen LogP contribution < -0.4 is 0 Å². The number of aliphatic hydroxyl groups excluding tert-OH is 10. The van der Waals surface area contributed by atoms with E-state index in [4.69, 9.17) is 9.47 Å². The maximum Gasteiger partial charge on any atom is 0.219 e. The van der Waals surface area contributed by atoms with Gasteiger partial charge in [0.05, 0.1) is 24.9 Å². The van der Waals surface area contributed by atoms with Gasteiger partial charge in [-0.05, 0) is 23.8 Å². The summed E-state index contributed by atoms with van der Waals surface area (Å²) >= 11 is 0. The van der Waals surface area contributed by atoms with Gasteiger partial charge in [-0.2, -0.15) is 0 Å². The van der Waals surface area contributed by atoms with E-state index in [2.05, 4.69) is 0 Å². The number of ketones is 2. The highest BCUT2D eigenvalue weighted by Crippen LogP contribution is 2.42. The molecule has 0 aromatic heterocycles. The van der Waals surface area contributed by atoms with Crippen molar-refractivity contribution in [3.63, 3.8) is 0 Å². The van der Waals surface area contributed by atoms with E-state index in [0.29, 0.717) is 5.56 Å². The zero-order chi connectivity index (χ0) is 32.0. The van der Waals surface area contributed by atoms with Crippen LogP contribution in [0.15, 0.2) is 53.0 Å². The van der Waals surface area contributed by atoms with Crippen LogP contribution in [0.25, 0.3) is 6.08 Å². The second-order valence-electron chi connectivity index (χ2n) is 10.4. The first-order valence-electron chi connectivity index (χ1n) is 13.0. The third-order valence-corrected chi connectivity index (χ3v) is 7.80. The van der Waals surface area contributed by atoms with Crippen molar-refractivity contribution in [2.45, 2.75) is 60.7 Å². The van der Waals surface area contributed by atoms with Gasteiger partial charge in [-0.3, -0.25) is 9.59 Å². The molecule has 2 aliphatic heterocycles. The molecular weight excluding hydrogens is 580 g/mol. The highest BCUT2D eigenvalue weighted by atomic mass is 16.6. The SMILES string of the molecule is O=C1C(=C(O)/C=C/c2ccc(O)cc2)C(O)=C([C@@H]2O[C@H](CO)[C@@H](O)[C@H](O)[C@H]2O)C(=O)[C@]1(O)[C@H]1O[C@H](O)[C@@H](O)[C@H](CO)[C@H]1O. The standard InChI is InChI=1S/C27H32O16/c28-7-11-16(32)25(43-26(40)17(11)33)27(41)23(38)14(12(31)6-3-9-1-4-10(30)5-2-9)19(35)15(24(27)39)22-21(37)20(36)18(34)13(8-29)42-22/h1-6,11,13,16-18,20-22,25-26,28-37,40-41H,7-8H2/b6-3+,14-12?/t11-,13-,16-,17+,18-,20+,21-,22+,25+,26+,27+/m1/s1. The molecule has 1 aromatic rings. The lowest BCUT2D eigenvalue weighted by Gasteiger charge is -2.48. The lowest BCUT2D eigenvalue weighted by molar-refractivity contribution is -0.296. The van der Waals surface area contributed by atoms with E-state index in [1.165, 1.54) is 30.3 Å². The fourth-order valence-corrected chi connectivity index (χ4v) is 5.30. The van der Waals surface area contributed by atoms with Gasteiger partial charge in [-0.15, -0.1) is 0 Å². The zero-order valence-electron chi connectivity index (χ0n) is 22.2. The number of carbonyl (C=O) groups is 2. The predicted molar refractivity (Wildman–Crippen MR) is 139 cm³/mol. The Labute approximate surface area is 242 Å². The number of Topliss-reactive ketones (excluding diaryl/α,β-unsaturated/α-hetero) is 2. The van der Waals surface area contributed by atoms with Crippen molar-refractivity contribution < 1.29 is 80.3 Å². The fraction of sp³-hybridized carbons (Fsp3) is 0.481. The Hall–Kier alpha value is -3.26. The third kappa shape index (κ3) is 5.47. The summed E-state index contributed by atoms with van der Waals surface area (Å²) in [5.74, 6) is -7.79. The van der Waals surface area contributed by atoms with Crippen LogP contribution in [0, 0.1) is 5.92 Å². The number of phenols is 1. The number of hydrogen-bond acceptors (Lipinski definition) is 16. The van der Waals surface area contributed by atoms with Crippen molar-refractivity contribution in [3.05, 3.63) is 58.6 Å². The molecule has 2 fully saturated rings. The monoisotopic (exact) mass is 612 g/mol. The lowest BCUT2D eigenvalue weighted by Crippen LogP contribution is -2.70. The largest absolute Gasteiger partial charge is 0.508 e. The molecule has 0 spiro atoms. The molecule has 236 valence electrons. The van der Waals surface area contributed by atoms with Gasteiger partial charge < -0.3 is 70.8 Å². The van der Waals surface area contributed by atoms with E-state index >= 15 is 0 Å². The molecule has 2 saturated heterocycles. The highest BCUT2D eigenvalue weighted by Gasteiger charge is 2.65. The molecule has 0 unspecified atom stereocenters. The Balaban J connectivity index is 1.92. The first-order valence-corrected chi connectivity index (χ1v) is 13.0. The van der Waals surface area contributed by atoms with E-state index in [0.717, 1.165) is 6.08 Å². The second-order valence-corrected chi connectivity index (χ2v) is 10.4. The van der Waals surface area contributed by atoms with E-state index < -0.39 is 114 Å². The minimum absolute atomic E-state index is 0.0879. The normalized spacial score (nSPS) is 40.3. The van der Waals surface area contributed by atoms with E-state index in [9.17, 15) is 70.9 Å². The number of carbonyl (C=O) groups excluding carboxylic acids is 2. The summed E-state index contributed by atoms with van der Waals surface area (Å²) in [6.07, 6.45) is -16.9. The van der Waals surface area contributed by atoms with Crippen molar-refractivity contribution in [3.8, 4) is 5.75 Å². The summed E-state index contributed by atoms with van der Waals surface area (Å²) < 4.78 is 10.4. The van der Waals surface area contributed by atoms with E-state index in [-0.39, 0.29) is 5.75 Å². The zero-order valence-corrected chi connectivity index (χ0v) is 22.2. The number of phenolic OH excluding ortho intramolecular Hbond substituents is 1. The molecule has 0 radical (unpaired) electrons. The van der Waals surface area contributed by atoms with Gasteiger partial charge in [-0.25, -0.2) is 0 Å². The molecule has 1 aliphatic carbocycles. The van der Waals surface area contributed by atoms with Crippen LogP contribution in [0.2, 0.25) is 0 Å². The Morgan fingerprint density at radius 3 is 2.02 bits per heavy atom. The van der Waals surface area contributed by atoms with Crippen LogP contribution >= 0.6 is 0 Å². The average molecular weight is 613 g/mol. The molecular formula is C27H32O16. The molecule has 4 rings (SSSR count). The van der Waals surface area contributed by atoms with Gasteiger partial charge in [-0.1, -0.05) is 18.2 Å². The van der Waals surface area contributed by atoms with Crippen LogP contribution in [0.4, 0.5) is 0 Å². The highest BCUT2D eigenvalue weighted by molar-refractivity contribution is 6.28. The number of hydrogen-bond donors (Lipinski definition) is 12. The molecule has 1 aromatic carbocycles. The summed E-state index contributed by atoms with van der Waals surface area (Å²) in [6.45, 7) is -2.00. The van der Waals surface area contributed by atoms with Crippen LogP contribution in [-0.4, -0.2) is 147 Å². The van der Waals surface area contributed by atoms with Crippen LogP contribution in [0.1, 0.15) is 5.56 Å². The van der Waals surface area contributed by atoms with Gasteiger partial charge in [0.15, 0.2) is 6.29 Å². The lowest BCUT2D eigenvalue weighted by atomic mass is 9.68. The first-order chi connectivity index (χ1) is 20.2. The van der Waals surface area contributed by atoms with E-state index in [1.54, 1.807) is 0 Å². The molecule has 3 aliphatic rings. The van der Waals surface area contributed by atoms with Gasteiger partial charge in [0.2, 0.25) is 17.2 Å². The van der Waals surface area contributed by atoms with Crippen molar-refractivity contribution in [1.29, 1.82) is 0 Å². The number of ether oxygens (including phenoxy) is 2. The molecule has 0 saturated carbocycles. The molecule has 0 amide bonds. The van der Waals surface area contributed by atoms with Crippen molar-refractivity contribution in [2.24, 2.45) is 5.92 Å². The summed E-state index contributed by atoms with van der Waals surface area (Å²) in [5.41, 5.74) is -5.62. The second kappa shape index (κ2) is 12.4. The average Bonchev–Trinajstić information content (AvgIpc) is 2.98. The maximum absolute atomic E-state index is 13.9. The van der Waals surface area contributed by atoms with E-state index in [1.807, 2.05) is 0 Å². The molecule has 0 bridgehead atoms. The topological polar surface area (TPSA) is 295 Å². The summed E-state index contributed by atoms with van der Waals surface area (Å²) in [7, 11) is 0. The fourth-order valence-electron chi connectivity index (χ4n) is 5.30. The van der Waals surface area contributed by atoms with Crippen molar-refractivity contribution in [1.82, 2.24) is 0 Å². The number of aliphatic hydroxyl groups is 11. The third-order valence-electron chi connectivity index (χ3n) is 7.80. The first kappa shape index (κ1) is 32.6. The van der Waals surface area contributed by atoms with Crippen molar-refractivity contribution in [2.75, 3.05) is 13.2 Å². The van der Waals surface area contributed by atoms with Crippen LogP contribution in [-0.2, 0) is 19.1 Å². The Morgan fingerprint density at radius 1 is 0.814 bits per heavy atom. The number of benzene rings is 1. The Bertz CT molecular complexity index is 1320. The molecule has 2 heterocycles. The van der Waals surface area contributed by atoms with Gasteiger partial charge in [0.25, 0.3) is 0 Å².